The molecule has 2 aromatic rings. The second kappa shape index (κ2) is 9.57. The molecule has 1 N–H and O–H groups in total. The molecule has 2 rings (SSSR count). The molecule has 1 heterocycles. The van der Waals surface area contributed by atoms with Crippen LogP contribution in [0.5, 0.6) is 0 Å². The maximum atomic E-state index is 12.5. The number of benzene rings is 1. The van der Waals surface area contributed by atoms with Gasteiger partial charge in [-0.3, -0.25) is 4.79 Å². The Morgan fingerprint density at radius 3 is 2.43 bits per heavy atom. The largest absolute Gasteiger partial charge is 0.352 e. The van der Waals surface area contributed by atoms with Crippen molar-refractivity contribution < 1.29 is 18.3 Å². The minimum Gasteiger partial charge on any atom is -0.352 e. The molecule has 0 aliphatic heterocycles. The van der Waals surface area contributed by atoms with Crippen molar-refractivity contribution in [3.63, 3.8) is 0 Å². The van der Waals surface area contributed by atoms with Gasteiger partial charge in [-0.2, -0.15) is 4.57 Å². The lowest BCUT2D eigenvalue weighted by molar-refractivity contribution is -0.902. The molecule has 0 fully saturated rings. The molecule has 28 heavy (non-hydrogen) atoms. The molecule has 5 nitrogen and oxygen atoms in total. The van der Waals surface area contributed by atoms with Gasteiger partial charge in [0.2, 0.25) is 5.52 Å². The van der Waals surface area contributed by atoms with Crippen LogP contribution in [0.2, 0.25) is 0 Å². The zero-order valence-corrected chi connectivity index (χ0v) is 20.2. The van der Waals surface area contributed by atoms with Crippen LogP contribution in [0.4, 0.5) is 0 Å². The van der Waals surface area contributed by atoms with Crippen LogP contribution in [-0.2, 0) is 7.05 Å². The lowest BCUT2D eigenvalue weighted by Crippen LogP contribution is -2.45. The Hall–Kier alpha value is -1.15. The summed E-state index contributed by atoms with van der Waals surface area (Å²) in [6.07, 6.45) is 4.30. The van der Waals surface area contributed by atoms with Crippen molar-refractivity contribution in [1.82, 2.24) is 5.32 Å². The van der Waals surface area contributed by atoms with E-state index in [9.17, 15) is 4.79 Å². The van der Waals surface area contributed by atoms with E-state index in [0.29, 0.717) is 0 Å². The number of aryl methyl sites for hydroxylation is 1. The van der Waals surface area contributed by atoms with Gasteiger partial charge in [-0.05, 0) is 30.2 Å². The number of fused-ring (bicyclic) bond motifs is 1. The number of rotatable bonds is 10. The molecule has 1 aromatic carbocycles. The summed E-state index contributed by atoms with van der Waals surface area (Å²) in [5.74, 6) is 0.0268. The first kappa shape index (κ1) is 23.1. The number of amides is 1. The van der Waals surface area contributed by atoms with E-state index >= 15 is 0 Å². The molecule has 1 amide bonds. The first-order chi connectivity index (χ1) is 13.0. The maximum absolute atomic E-state index is 12.5. The number of nitrogens with one attached hydrogen (secondary N) is 1. The number of thioether (sulfide) groups is 1. The number of nitrogens with zero attached hydrogens (tertiary/aromatic N) is 3. The second-order valence-corrected chi connectivity index (χ2v) is 11.3. The van der Waals surface area contributed by atoms with Crippen molar-refractivity contribution >= 4 is 39.2 Å². The van der Waals surface area contributed by atoms with Crippen LogP contribution in [0.25, 0.3) is 10.2 Å². The molecule has 1 aromatic heterocycles. The van der Waals surface area contributed by atoms with Gasteiger partial charge in [0.15, 0.2) is 0 Å². The summed E-state index contributed by atoms with van der Waals surface area (Å²) in [5, 5.41) is 3.09. The van der Waals surface area contributed by atoms with Gasteiger partial charge in [0.05, 0.1) is 54.9 Å². The summed E-state index contributed by atoms with van der Waals surface area (Å²) in [6, 6.07) is 5.99. The van der Waals surface area contributed by atoms with Crippen molar-refractivity contribution in [1.29, 1.82) is 0 Å². The Labute approximate surface area is 178 Å². The van der Waals surface area contributed by atoms with Gasteiger partial charge >= 0.3 is 0 Å². The van der Waals surface area contributed by atoms with E-state index in [1.54, 1.807) is 23.1 Å². The van der Waals surface area contributed by atoms with Crippen molar-refractivity contribution in [3.05, 3.63) is 23.8 Å². The zero-order valence-electron chi connectivity index (χ0n) is 18.5. The highest BCUT2D eigenvalue weighted by Gasteiger charge is 2.19. The molecule has 0 aliphatic rings. The lowest BCUT2D eigenvalue weighted by Gasteiger charge is -2.31. The molecule has 0 saturated carbocycles. The van der Waals surface area contributed by atoms with Crippen LogP contribution in [-0.4, -0.2) is 82.5 Å². The van der Waals surface area contributed by atoms with E-state index < -0.39 is 0 Å². The molecule has 156 valence electrons. The first-order valence-corrected chi connectivity index (χ1v) is 11.9. The third kappa shape index (κ3) is 6.72. The standard InChI is InChI=1S/C21H36N4OS2/c1-23-18-11-10-17(16-19(18)28-21(23)27-7)20(26)22-12-8-14-25(5,6)15-9-13-24(2,3)4/h10-11,16H,8-9,12-15H2,1-7H3/q+2/p+1. The minimum absolute atomic E-state index is 0.0268. The van der Waals surface area contributed by atoms with E-state index in [1.165, 1.54) is 29.4 Å². The average Bonchev–Trinajstić information content (AvgIpc) is 2.92. The maximum Gasteiger partial charge on any atom is 0.297 e. The number of aromatic nitrogens is 1. The normalized spacial score (nSPS) is 12.5. The van der Waals surface area contributed by atoms with Gasteiger partial charge in [0.25, 0.3) is 10.2 Å². The number of carbonyl (C=O) groups is 1. The second-order valence-electron chi connectivity index (χ2n) is 9.17. The first-order valence-electron chi connectivity index (χ1n) is 9.90. The Morgan fingerprint density at radius 1 is 1.11 bits per heavy atom. The Kier molecular flexibility index (Phi) is 7.90. The van der Waals surface area contributed by atoms with Gasteiger partial charge in [-0.15, -0.1) is 0 Å². The van der Waals surface area contributed by atoms with Crippen molar-refractivity contribution in [2.24, 2.45) is 7.05 Å². The molecular formula is C21H37N4OS2+3. The van der Waals surface area contributed by atoms with Crippen molar-refractivity contribution in [3.8, 4) is 0 Å². The predicted molar refractivity (Wildman–Crippen MR) is 121 cm³/mol. The van der Waals surface area contributed by atoms with Gasteiger partial charge in [0, 0.05) is 31.0 Å². The predicted octanol–water partition coefficient (Wildman–Crippen LogP) is 2.74. The highest BCUT2D eigenvalue weighted by atomic mass is 32.2. The highest BCUT2D eigenvalue weighted by Crippen LogP contribution is 2.26. The summed E-state index contributed by atoms with van der Waals surface area (Å²) < 4.78 is 6.61. The molecule has 0 atom stereocenters. The summed E-state index contributed by atoms with van der Waals surface area (Å²) in [5.41, 5.74) is 1.93. The quantitative estimate of drug-likeness (QED) is 0.275. The van der Waals surface area contributed by atoms with E-state index in [2.05, 4.69) is 58.4 Å². The SMILES string of the molecule is CSc1sc2cc(C(=O)NCCC[N+](C)(C)CCC[N+](C)(C)C)ccc2[n+]1C. The minimum atomic E-state index is 0.0268. The molecule has 0 aliphatic carbocycles. The van der Waals surface area contributed by atoms with E-state index in [-0.39, 0.29) is 5.91 Å². The molecule has 0 radical (unpaired) electrons. The van der Waals surface area contributed by atoms with Gasteiger partial charge < -0.3 is 14.3 Å². The molecule has 7 heteroatoms. The van der Waals surface area contributed by atoms with Gasteiger partial charge in [0.1, 0.15) is 11.7 Å². The number of hydrogen-bond donors (Lipinski definition) is 1. The fourth-order valence-corrected chi connectivity index (χ4v) is 5.24. The van der Waals surface area contributed by atoms with Crippen LogP contribution in [0, 0.1) is 0 Å². The molecule has 0 saturated heterocycles. The Morgan fingerprint density at radius 2 is 1.79 bits per heavy atom. The average molecular weight is 426 g/mol. The van der Waals surface area contributed by atoms with Crippen molar-refractivity contribution in [2.75, 3.05) is 67.7 Å². The molecule has 0 spiro atoms. The zero-order chi connectivity index (χ0) is 20.9. The van der Waals surface area contributed by atoms with Crippen LogP contribution in [0.15, 0.2) is 22.5 Å². The number of hydrogen-bond acceptors (Lipinski definition) is 3. The van der Waals surface area contributed by atoms with Gasteiger partial charge in [-0.1, -0.05) is 11.3 Å². The Bertz CT molecular complexity index is 809. The third-order valence-electron chi connectivity index (χ3n) is 5.05. The number of thiazole rings is 1. The van der Waals surface area contributed by atoms with Crippen LogP contribution in [0.3, 0.4) is 0 Å². The molecular weight excluding hydrogens is 388 g/mol. The van der Waals surface area contributed by atoms with Crippen molar-refractivity contribution in [2.45, 2.75) is 17.2 Å². The fraction of sp³-hybridized carbons (Fsp3) is 0.619. The van der Waals surface area contributed by atoms with E-state index in [0.717, 1.165) is 38.7 Å². The lowest BCUT2D eigenvalue weighted by atomic mass is 10.2. The summed E-state index contributed by atoms with van der Waals surface area (Å²) >= 11 is 3.48. The third-order valence-corrected chi connectivity index (χ3v) is 7.42. The molecule has 0 bridgehead atoms. The van der Waals surface area contributed by atoms with Crippen LogP contribution >= 0.6 is 23.1 Å². The summed E-state index contributed by atoms with van der Waals surface area (Å²) in [6.45, 7) is 4.17. The summed E-state index contributed by atoms with van der Waals surface area (Å²) in [7, 11) is 13.4. The van der Waals surface area contributed by atoms with E-state index in [1.807, 2.05) is 18.2 Å². The van der Waals surface area contributed by atoms with Gasteiger partial charge in [-0.25, -0.2) is 0 Å². The number of quaternary nitrogens is 2. The number of carbonyl (C=O) groups excluding carboxylic acids is 1. The van der Waals surface area contributed by atoms with Crippen LogP contribution in [0.1, 0.15) is 23.2 Å². The molecule has 0 unspecified atom stereocenters. The van der Waals surface area contributed by atoms with Crippen LogP contribution < -0.4 is 9.88 Å². The highest BCUT2D eigenvalue weighted by molar-refractivity contribution is 8.00. The smallest absolute Gasteiger partial charge is 0.297 e. The summed E-state index contributed by atoms with van der Waals surface area (Å²) in [4.78, 5) is 12.5. The topological polar surface area (TPSA) is 33.0 Å². The fourth-order valence-electron chi connectivity index (χ4n) is 3.35. The monoisotopic (exact) mass is 425 g/mol. The Balaban J connectivity index is 1.81. The van der Waals surface area contributed by atoms with E-state index in [4.69, 9.17) is 0 Å².